The van der Waals surface area contributed by atoms with Gasteiger partial charge in [-0.05, 0) is 35.4 Å². The first-order chi connectivity index (χ1) is 13.2. The van der Waals surface area contributed by atoms with Crippen LogP contribution in [0, 0.1) is 0 Å². The van der Waals surface area contributed by atoms with Gasteiger partial charge in [0, 0.05) is 18.0 Å². The number of nitrogens with zero attached hydrogens (tertiary/aromatic N) is 1. The van der Waals surface area contributed by atoms with Crippen LogP contribution in [-0.2, 0) is 0 Å². The second-order valence-electron chi connectivity index (χ2n) is 6.08. The molecule has 0 radical (unpaired) electrons. The Morgan fingerprint density at radius 1 is 1.00 bits per heavy atom. The molecule has 1 aliphatic heterocycles. The molecule has 6 heteroatoms. The number of halogens is 1. The molecular formula is C21H17ClN2O3. The smallest absolute Gasteiger partial charge is 0.252 e. The molecule has 1 aromatic heterocycles. The summed E-state index contributed by atoms with van der Waals surface area (Å²) in [5, 5.41) is 3.44. The van der Waals surface area contributed by atoms with Crippen LogP contribution >= 0.6 is 11.6 Å². The maximum absolute atomic E-state index is 13.0. The molecule has 1 unspecified atom stereocenters. The Morgan fingerprint density at radius 3 is 2.48 bits per heavy atom. The highest BCUT2D eigenvalue weighted by Crippen LogP contribution is 2.38. The van der Waals surface area contributed by atoms with Crippen LogP contribution in [0.25, 0.3) is 0 Å². The van der Waals surface area contributed by atoms with Crippen molar-refractivity contribution in [3.8, 4) is 11.5 Å². The van der Waals surface area contributed by atoms with Crippen molar-refractivity contribution in [2.75, 3.05) is 13.2 Å². The number of hydrogen-bond donors (Lipinski definition) is 1. The van der Waals surface area contributed by atoms with Gasteiger partial charge < -0.3 is 14.8 Å². The largest absolute Gasteiger partial charge is 0.486 e. The Morgan fingerprint density at radius 2 is 1.70 bits per heavy atom. The standard InChI is InChI=1S/C21H17ClN2O3/c22-17-12-16(13-18-20(17)27-11-10-26-18)21(25)24-19(14-4-2-1-3-5-14)15-6-8-23-9-7-15/h1-9,12-13,19H,10-11H2,(H,24,25). The molecule has 4 rings (SSSR count). The van der Waals surface area contributed by atoms with Crippen molar-refractivity contribution in [2.24, 2.45) is 0 Å². The van der Waals surface area contributed by atoms with Crippen LogP contribution in [0.2, 0.25) is 5.02 Å². The van der Waals surface area contributed by atoms with Gasteiger partial charge in [0.05, 0.1) is 11.1 Å². The summed E-state index contributed by atoms with van der Waals surface area (Å²) in [6, 6.07) is 16.5. The zero-order valence-electron chi connectivity index (χ0n) is 14.4. The van der Waals surface area contributed by atoms with Crippen molar-refractivity contribution in [1.82, 2.24) is 10.3 Å². The summed E-state index contributed by atoms with van der Waals surface area (Å²) < 4.78 is 11.1. The molecule has 136 valence electrons. The molecule has 0 bridgehead atoms. The second-order valence-corrected chi connectivity index (χ2v) is 6.49. The number of aromatic nitrogens is 1. The fourth-order valence-corrected chi connectivity index (χ4v) is 3.28. The van der Waals surface area contributed by atoms with Crippen molar-refractivity contribution in [2.45, 2.75) is 6.04 Å². The normalized spacial score (nSPS) is 13.7. The molecule has 1 amide bonds. The lowest BCUT2D eigenvalue weighted by Crippen LogP contribution is -2.29. The lowest BCUT2D eigenvalue weighted by molar-refractivity contribution is 0.0941. The molecule has 0 aliphatic carbocycles. The quantitative estimate of drug-likeness (QED) is 0.742. The summed E-state index contributed by atoms with van der Waals surface area (Å²) in [6.07, 6.45) is 3.41. The Bertz CT molecular complexity index is 909. The van der Waals surface area contributed by atoms with Crippen LogP contribution in [-0.4, -0.2) is 24.1 Å². The molecule has 0 spiro atoms. The first kappa shape index (κ1) is 17.4. The monoisotopic (exact) mass is 380 g/mol. The zero-order chi connectivity index (χ0) is 18.6. The molecule has 1 N–H and O–H groups in total. The summed E-state index contributed by atoms with van der Waals surface area (Å²) >= 11 is 6.27. The average Bonchev–Trinajstić information content (AvgIpc) is 2.73. The van der Waals surface area contributed by atoms with Gasteiger partial charge >= 0.3 is 0 Å². The van der Waals surface area contributed by atoms with E-state index < -0.39 is 0 Å². The second kappa shape index (κ2) is 7.68. The summed E-state index contributed by atoms with van der Waals surface area (Å²) in [6.45, 7) is 0.869. The Hall–Kier alpha value is -3.05. The number of hydrogen-bond acceptors (Lipinski definition) is 4. The molecular weight excluding hydrogens is 364 g/mol. The Balaban J connectivity index is 1.66. The number of rotatable bonds is 4. The van der Waals surface area contributed by atoms with Crippen LogP contribution in [0.15, 0.2) is 67.0 Å². The number of carbonyl (C=O) groups excluding carboxylic acids is 1. The maximum atomic E-state index is 13.0. The number of benzene rings is 2. The van der Waals surface area contributed by atoms with Crippen molar-refractivity contribution in [3.63, 3.8) is 0 Å². The van der Waals surface area contributed by atoms with Gasteiger partial charge in [0.1, 0.15) is 13.2 Å². The zero-order valence-corrected chi connectivity index (χ0v) is 15.1. The minimum atomic E-state index is -0.311. The van der Waals surface area contributed by atoms with Crippen molar-refractivity contribution in [3.05, 3.63) is 88.7 Å². The van der Waals surface area contributed by atoms with E-state index in [2.05, 4.69) is 10.3 Å². The van der Waals surface area contributed by atoms with Crippen LogP contribution in [0.1, 0.15) is 27.5 Å². The number of nitrogens with one attached hydrogen (secondary N) is 1. The SMILES string of the molecule is O=C(NC(c1ccccc1)c1ccncc1)c1cc(Cl)c2c(c1)OCCO2. The van der Waals surface area contributed by atoms with Gasteiger partial charge in [-0.1, -0.05) is 41.9 Å². The molecule has 27 heavy (non-hydrogen) atoms. The molecule has 5 nitrogen and oxygen atoms in total. The number of pyridine rings is 1. The van der Waals surface area contributed by atoms with E-state index in [0.29, 0.717) is 35.3 Å². The van der Waals surface area contributed by atoms with Crippen LogP contribution in [0.3, 0.4) is 0 Å². The summed E-state index contributed by atoms with van der Waals surface area (Å²) in [4.78, 5) is 17.0. The van der Waals surface area contributed by atoms with E-state index in [4.69, 9.17) is 21.1 Å². The van der Waals surface area contributed by atoms with E-state index in [-0.39, 0.29) is 11.9 Å². The van der Waals surface area contributed by atoms with E-state index in [1.54, 1.807) is 24.5 Å². The molecule has 2 heterocycles. The van der Waals surface area contributed by atoms with Gasteiger partial charge in [0.2, 0.25) is 0 Å². The fraction of sp³-hybridized carbons (Fsp3) is 0.143. The van der Waals surface area contributed by atoms with Gasteiger partial charge in [-0.25, -0.2) is 0 Å². The lowest BCUT2D eigenvalue weighted by Gasteiger charge is -2.22. The first-order valence-electron chi connectivity index (χ1n) is 8.57. The van der Waals surface area contributed by atoms with E-state index in [9.17, 15) is 4.79 Å². The third kappa shape index (κ3) is 3.73. The third-order valence-corrected chi connectivity index (χ3v) is 4.59. The molecule has 1 aliphatic rings. The highest BCUT2D eigenvalue weighted by Gasteiger charge is 2.22. The molecule has 3 aromatic rings. The van der Waals surface area contributed by atoms with E-state index in [1.165, 1.54) is 0 Å². The van der Waals surface area contributed by atoms with Crippen molar-refractivity contribution < 1.29 is 14.3 Å². The van der Waals surface area contributed by atoms with E-state index in [1.807, 2.05) is 42.5 Å². The highest BCUT2D eigenvalue weighted by molar-refractivity contribution is 6.32. The minimum Gasteiger partial charge on any atom is -0.486 e. The average molecular weight is 381 g/mol. The van der Waals surface area contributed by atoms with Gasteiger partial charge in [0.25, 0.3) is 5.91 Å². The predicted molar refractivity (Wildman–Crippen MR) is 102 cm³/mol. The van der Waals surface area contributed by atoms with E-state index in [0.717, 1.165) is 11.1 Å². The summed E-state index contributed by atoms with van der Waals surface area (Å²) in [5.74, 6) is 0.715. The van der Waals surface area contributed by atoms with E-state index >= 15 is 0 Å². The number of amides is 1. The number of fused-ring (bicyclic) bond motifs is 1. The van der Waals surface area contributed by atoms with Gasteiger partial charge in [0.15, 0.2) is 11.5 Å². The molecule has 0 saturated carbocycles. The van der Waals surface area contributed by atoms with Crippen LogP contribution in [0.4, 0.5) is 0 Å². The Kier molecular flexibility index (Phi) is 4.94. The fourth-order valence-electron chi connectivity index (χ4n) is 3.02. The molecule has 0 fully saturated rings. The topological polar surface area (TPSA) is 60.5 Å². The van der Waals surface area contributed by atoms with Crippen LogP contribution in [0.5, 0.6) is 11.5 Å². The molecule has 0 saturated heterocycles. The first-order valence-corrected chi connectivity index (χ1v) is 8.95. The highest BCUT2D eigenvalue weighted by atomic mass is 35.5. The number of ether oxygens (including phenoxy) is 2. The van der Waals surface area contributed by atoms with Crippen LogP contribution < -0.4 is 14.8 Å². The summed E-state index contributed by atoms with van der Waals surface area (Å²) in [7, 11) is 0. The molecule has 2 aromatic carbocycles. The maximum Gasteiger partial charge on any atom is 0.252 e. The minimum absolute atomic E-state index is 0.250. The predicted octanol–water partition coefficient (Wildman–Crippen LogP) is 4.03. The van der Waals surface area contributed by atoms with Crippen molar-refractivity contribution in [1.29, 1.82) is 0 Å². The third-order valence-electron chi connectivity index (χ3n) is 4.31. The summed E-state index contributed by atoms with van der Waals surface area (Å²) in [5.41, 5.74) is 2.33. The van der Waals surface area contributed by atoms with Gasteiger partial charge in [-0.15, -0.1) is 0 Å². The number of carbonyl (C=O) groups is 1. The lowest BCUT2D eigenvalue weighted by atomic mass is 9.99. The Labute approximate surface area is 161 Å². The van der Waals surface area contributed by atoms with Gasteiger partial charge in [-0.2, -0.15) is 0 Å². The van der Waals surface area contributed by atoms with Crippen molar-refractivity contribution >= 4 is 17.5 Å². The molecule has 1 atom stereocenters. The van der Waals surface area contributed by atoms with Gasteiger partial charge in [-0.3, -0.25) is 9.78 Å².